The predicted molar refractivity (Wildman–Crippen MR) is 187 cm³/mol. The number of aromatic carboxylic acids is 1. The number of pyridine rings is 1. The van der Waals surface area contributed by atoms with E-state index in [1.165, 1.54) is 80.3 Å². The number of aromatic nitrogens is 1. The van der Waals surface area contributed by atoms with E-state index in [0.717, 1.165) is 12.1 Å². The van der Waals surface area contributed by atoms with Crippen LogP contribution in [-0.2, 0) is 6.54 Å². The van der Waals surface area contributed by atoms with Crippen molar-refractivity contribution in [1.82, 2.24) is 10.3 Å². The Kier molecular flexibility index (Phi) is 7.75. The molecule has 47 heavy (non-hydrogen) atoms. The Bertz CT molecular complexity index is 1600. The number of nitrogens with one attached hydrogen (secondary N) is 1. The lowest BCUT2D eigenvalue weighted by Crippen LogP contribution is -2.67. The number of carbonyl (C=O) groups is 1. The summed E-state index contributed by atoms with van der Waals surface area (Å²) >= 11 is 0. The van der Waals surface area contributed by atoms with Gasteiger partial charge < -0.3 is 10.4 Å². The number of nitrogens with zero attached hydrogens (tertiary/aromatic N) is 1. The minimum absolute atomic E-state index is 0.00729. The van der Waals surface area contributed by atoms with Crippen molar-refractivity contribution in [1.29, 1.82) is 0 Å². The highest BCUT2D eigenvalue weighted by Crippen LogP contribution is 2.76. The van der Waals surface area contributed by atoms with E-state index < -0.39 is 5.97 Å². The molecule has 9 atom stereocenters. The van der Waals surface area contributed by atoms with Crippen molar-refractivity contribution in [3.63, 3.8) is 0 Å². The summed E-state index contributed by atoms with van der Waals surface area (Å²) in [4.78, 5) is 15.9. The molecule has 1 aromatic heterocycles. The van der Waals surface area contributed by atoms with Crippen LogP contribution in [0.4, 0.5) is 4.39 Å². The van der Waals surface area contributed by atoms with Crippen molar-refractivity contribution < 1.29 is 14.3 Å². The van der Waals surface area contributed by atoms with Crippen LogP contribution in [0.3, 0.4) is 0 Å². The molecule has 4 nitrogen and oxygen atoms in total. The fraction of sp³-hybridized carbons (Fsp3) is 0.619. The maximum atomic E-state index is 13.6. The van der Waals surface area contributed by atoms with Crippen LogP contribution in [0.5, 0.6) is 0 Å². The van der Waals surface area contributed by atoms with Crippen molar-refractivity contribution >= 4 is 11.5 Å². The molecule has 252 valence electrons. The molecule has 0 bridgehead atoms. The maximum absolute atomic E-state index is 13.6. The summed E-state index contributed by atoms with van der Waals surface area (Å²) in [5, 5.41) is 13.5. The van der Waals surface area contributed by atoms with E-state index in [4.69, 9.17) is 0 Å². The van der Waals surface area contributed by atoms with Crippen molar-refractivity contribution in [3.8, 4) is 0 Å². The monoisotopic (exact) mass is 638 g/mol. The number of carboxylic acids is 1. The average Bonchev–Trinajstić information content (AvgIpc) is 3.41. The van der Waals surface area contributed by atoms with Gasteiger partial charge in [0, 0.05) is 12.1 Å². The first-order valence-electron chi connectivity index (χ1n) is 18.2. The highest BCUT2D eigenvalue weighted by Gasteiger charge is 2.70. The van der Waals surface area contributed by atoms with Crippen molar-refractivity contribution in [3.05, 3.63) is 83.5 Å². The Morgan fingerprint density at radius 3 is 2.34 bits per heavy atom. The van der Waals surface area contributed by atoms with E-state index in [-0.39, 0.29) is 33.0 Å². The molecule has 9 unspecified atom stereocenters. The van der Waals surface area contributed by atoms with Gasteiger partial charge in [0.05, 0.1) is 17.5 Å². The third-order valence-corrected chi connectivity index (χ3v) is 15.5. The van der Waals surface area contributed by atoms with Crippen LogP contribution in [0.25, 0.3) is 5.57 Å². The fourth-order valence-corrected chi connectivity index (χ4v) is 13.1. The molecule has 4 saturated carbocycles. The Labute approximate surface area is 281 Å². The average molecular weight is 639 g/mol. The second-order valence-corrected chi connectivity index (χ2v) is 17.6. The molecule has 5 aliphatic carbocycles. The van der Waals surface area contributed by atoms with E-state index in [1.807, 2.05) is 18.2 Å². The van der Waals surface area contributed by atoms with Crippen LogP contribution in [-0.4, -0.2) is 21.6 Å². The Morgan fingerprint density at radius 2 is 1.68 bits per heavy atom. The van der Waals surface area contributed by atoms with Crippen molar-refractivity contribution in [2.45, 2.75) is 111 Å². The van der Waals surface area contributed by atoms with E-state index in [2.05, 4.69) is 64.5 Å². The zero-order chi connectivity index (χ0) is 33.6. The second-order valence-electron chi connectivity index (χ2n) is 17.6. The number of hydrogen-bond acceptors (Lipinski definition) is 3. The first kappa shape index (κ1) is 32.7. The molecule has 4 fully saturated rings. The lowest BCUT2D eigenvalue weighted by molar-refractivity contribution is -0.219. The van der Waals surface area contributed by atoms with E-state index in [1.54, 1.807) is 12.1 Å². The van der Waals surface area contributed by atoms with E-state index in [0.29, 0.717) is 41.7 Å². The standard InChI is InChI=1S/C42H55FN2O2/c1-26(2)31-16-21-42(45-25-30-13-12-29(43)24-44-30)23-22-40(6)33(36(31)42)14-15-35-39(5)19-17-32(27-8-10-28(11-9-27)37(46)47)38(3,4)34(39)18-20-41(35,40)7/h8-13,17,24,31,33-36,45H,1,14-16,18-23,25H2,2-7H3,(H,46,47). The summed E-state index contributed by atoms with van der Waals surface area (Å²) in [7, 11) is 0. The molecule has 1 aromatic carbocycles. The molecule has 2 N–H and O–H groups in total. The van der Waals surface area contributed by atoms with E-state index in [9.17, 15) is 14.3 Å². The zero-order valence-electron chi connectivity index (χ0n) is 29.5. The Balaban J connectivity index is 1.20. The molecule has 0 saturated heterocycles. The smallest absolute Gasteiger partial charge is 0.335 e. The van der Waals surface area contributed by atoms with Crippen LogP contribution < -0.4 is 5.32 Å². The number of fused-ring (bicyclic) bond motifs is 7. The molecule has 0 spiro atoms. The summed E-state index contributed by atoms with van der Waals surface area (Å²) in [6, 6.07) is 10.9. The molecule has 0 radical (unpaired) electrons. The van der Waals surface area contributed by atoms with Gasteiger partial charge in [0.2, 0.25) is 0 Å². The quantitative estimate of drug-likeness (QED) is 0.309. The number of allylic oxidation sites excluding steroid dienone is 3. The normalized spacial score (nSPS) is 40.3. The third kappa shape index (κ3) is 4.76. The molecule has 5 heteroatoms. The fourth-order valence-electron chi connectivity index (χ4n) is 13.1. The second kappa shape index (κ2) is 11.1. The van der Waals surface area contributed by atoms with Crippen LogP contribution in [0.15, 0.2) is 60.8 Å². The van der Waals surface area contributed by atoms with Gasteiger partial charge in [0.15, 0.2) is 0 Å². The molecule has 1 heterocycles. The van der Waals surface area contributed by atoms with Gasteiger partial charge in [-0.3, -0.25) is 4.98 Å². The molecule has 7 rings (SSSR count). The Morgan fingerprint density at radius 1 is 0.936 bits per heavy atom. The summed E-state index contributed by atoms with van der Waals surface area (Å²) in [5.41, 5.74) is 5.99. The Hall–Kier alpha value is -2.79. The summed E-state index contributed by atoms with van der Waals surface area (Å²) in [6.07, 6.45) is 14.8. The molecule has 0 aliphatic heterocycles. The van der Waals surface area contributed by atoms with Gasteiger partial charge in [-0.1, -0.05) is 65.0 Å². The first-order valence-corrected chi connectivity index (χ1v) is 18.2. The van der Waals surface area contributed by atoms with E-state index >= 15 is 0 Å². The number of halogens is 1. The van der Waals surface area contributed by atoms with Gasteiger partial charge in [0.25, 0.3) is 0 Å². The van der Waals surface area contributed by atoms with Crippen LogP contribution in [0.1, 0.15) is 121 Å². The van der Waals surface area contributed by atoms with Gasteiger partial charge in [-0.25, -0.2) is 9.18 Å². The number of hydrogen-bond donors (Lipinski definition) is 2. The minimum atomic E-state index is -0.871. The van der Waals surface area contributed by atoms with Gasteiger partial charge >= 0.3 is 5.97 Å². The largest absolute Gasteiger partial charge is 0.478 e. The van der Waals surface area contributed by atoms with Gasteiger partial charge in [-0.15, -0.1) is 0 Å². The van der Waals surface area contributed by atoms with Crippen LogP contribution >= 0.6 is 0 Å². The highest BCUT2D eigenvalue weighted by atomic mass is 19.1. The molecule has 5 aliphatic rings. The summed E-state index contributed by atoms with van der Waals surface area (Å²) in [5.74, 6) is 1.83. The molecular weight excluding hydrogens is 583 g/mol. The first-order chi connectivity index (χ1) is 22.2. The lowest BCUT2D eigenvalue weighted by atomic mass is 9.33. The lowest BCUT2D eigenvalue weighted by Gasteiger charge is -2.72. The molecule has 0 amide bonds. The van der Waals surface area contributed by atoms with Crippen molar-refractivity contribution in [2.75, 3.05) is 0 Å². The number of benzene rings is 1. The van der Waals surface area contributed by atoms with Gasteiger partial charge in [-0.2, -0.15) is 0 Å². The minimum Gasteiger partial charge on any atom is -0.478 e. The zero-order valence-corrected chi connectivity index (χ0v) is 29.5. The van der Waals surface area contributed by atoms with Crippen LogP contribution in [0, 0.1) is 57.1 Å². The van der Waals surface area contributed by atoms with Crippen LogP contribution in [0.2, 0.25) is 0 Å². The predicted octanol–water partition coefficient (Wildman–Crippen LogP) is 10.1. The van der Waals surface area contributed by atoms with Gasteiger partial charge in [0.1, 0.15) is 5.82 Å². The summed E-state index contributed by atoms with van der Waals surface area (Å²) in [6.45, 7) is 20.4. The third-order valence-electron chi connectivity index (χ3n) is 15.5. The maximum Gasteiger partial charge on any atom is 0.335 e. The molecular formula is C42H55FN2O2. The van der Waals surface area contributed by atoms with Crippen molar-refractivity contribution in [2.24, 2.45) is 51.2 Å². The topological polar surface area (TPSA) is 62.2 Å². The van der Waals surface area contributed by atoms with Gasteiger partial charge in [-0.05, 0) is 151 Å². The number of rotatable bonds is 6. The molecule has 2 aromatic rings. The SMILES string of the molecule is C=C(C)C1CCC2(NCc3ccc(F)cn3)CCC3(C)C(CCC4C5(C)CC=C(c6ccc(C(=O)O)cc6)C(C)(C)C5CCC43C)C12. The highest BCUT2D eigenvalue weighted by molar-refractivity contribution is 5.88. The summed E-state index contributed by atoms with van der Waals surface area (Å²) < 4.78 is 13.6. The number of carboxylic acid groups (broad SMARTS) is 1.